The molecule has 0 atom stereocenters. The molecule has 0 aliphatic carbocycles. The number of hydrogen-bond donors (Lipinski definition) is 0. The highest BCUT2D eigenvalue weighted by Crippen LogP contribution is 2.22. The van der Waals surface area contributed by atoms with Crippen molar-refractivity contribution in [1.29, 1.82) is 0 Å². The average molecular weight is 246 g/mol. The Labute approximate surface area is 105 Å². The van der Waals surface area contributed by atoms with Crippen LogP contribution in [0.15, 0.2) is 47.1 Å². The maximum absolute atomic E-state index is 11.1. The van der Waals surface area contributed by atoms with Crippen molar-refractivity contribution in [2.45, 2.75) is 6.92 Å². The molecular formula is C14H14O4. The molecular weight excluding hydrogens is 232 g/mol. The minimum atomic E-state index is -0.368. The quantitative estimate of drug-likeness (QED) is 0.761. The summed E-state index contributed by atoms with van der Waals surface area (Å²) >= 11 is 0. The second kappa shape index (κ2) is 5.91. The van der Waals surface area contributed by atoms with Crippen LogP contribution in [-0.2, 0) is 9.53 Å². The van der Waals surface area contributed by atoms with Crippen LogP contribution in [-0.4, -0.2) is 19.2 Å². The van der Waals surface area contributed by atoms with Gasteiger partial charge in [0, 0.05) is 5.56 Å². The summed E-state index contributed by atoms with van der Waals surface area (Å²) in [6, 6.07) is 11.0. The zero-order chi connectivity index (χ0) is 12.8. The Morgan fingerprint density at radius 1 is 1.22 bits per heavy atom. The van der Waals surface area contributed by atoms with Gasteiger partial charge < -0.3 is 13.9 Å². The van der Waals surface area contributed by atoms with E-state index in [0.29, 0.717) is 12.4 Å². The van der Waals surface area contributed by atoms with E-state index < -0.39 is 0 Å². The molecule has 1 aromatic heterocycles. The van der Waals surface area contributed by atoms with Gasteiger partial charge in [0.15, 0.2) is 6.61 Å². The summed E-state index contributed by atoms with van der Waals surface area (Å²) in [6.45, 7) is 2.05. The van der Waals surface area contributed by atoms with Crippen molar-refractivity contribution in [3.63, 3.8) is 0 Å². The molecule has 0 N–H and O–H groups in total. The topological polar surface area (TPSA) is 48.7 Å². The van der Waals surface area contributed by atoms with Gasteiger partial charge in [-0.1, -0.05) is 0 Å². The fourth-order valence-electron chi connectivity index (χ4n) is 1.50. The first-order valence-corrected chi connectivity index (χ1v) is 5.72. The zero-order valence-electron chi connectivity index (χ0n) is 10.1. The van der Waals surface area contributed by atoms with Crippen LogP contribution in [0.25, 0.3) is 11.3 Å². The first-order chi connectivity index (χ1) is 8.79. The van der Waals surface area contributed by atoms with Gasteiger partial charge in [-0.25, -0.2) is 4.79 Å². The van der Waals surface area contributed by atoms with E-state index in [4.69, 9.17) is 13.9 Å². The van der Waals surface area contributed by atoms with Crippen molar-refractivity contribution in [3.05, 3.63) is 42.7 Å². The van der Waals surface area contributed by atoms with E-state index in [-0.39, 0.29) is 12.6 Å². The standard InChI is InChI=1S/C14H14O4/c1-2-16-14(15)10-18-12-7-5-11(6-8-12)13-4-3-9-17-13/h3-9H,2,10H2,1H3. The third-order valence-electron chi connectivity index (χ3n) is 2.32. The van der Waals surface area contributed by atoms with Crippen LogP contribution in [0.2, 0.25) is 0 Å². The van der Waals surface area contributed by atoms with Crippen LogP contribution in [0.5, 0.6) is 5.75 Å². The van der Waals surface area contributed by atoms with Crippen molar-refractivity contribution >= 4 is 5.97 Å². The van der Waals surface area contributed by atoms with E-state index in [1.54, 1.807) is 25.3 Å². The number of ether oxygens (including phenoxy) is 2. The van der Waals surface area contributed by atoms with Crippen LogP contribution in [0.3, 0.4) is 0 Å². The molecule has 18 heavy (non-hydrogen) atoms. The van der Waals surface area contributed by atoms with Crippen molar-refractivity contribution in [2.24, 2.45) is 0 Å². The molecule has 0 unspecified atom stereocenters. The molecule has 0 fully saturated rings. The second-order valence-corrected chi connectivity index (χ2v) is 3.60. The third-order valence-corrected chi connectivity index (χ3v) is 2.32. The molecule has 2 rings (SSSR count). The Hall–Kier alpha value is -2.23. The number of carbonyl (C=O) groups excluding carboxylic acids is 1. The molecule has 0 saturated heterocycles. The Bertz CT molecular complexity index is 485. The lowest BCUT2D eigenvalue weighted by Gasteiger charge is -2.06. The van der Waals surface area contributed by atoms with Gasteiger partial charge >= 0.3 is 5.97 Å². The minimum Gasteiger partial charge on any atom is -0.482 e. The molecule has 1 heterocycles. The molecule has 0 spiro atoms. The van der Waals surface area contributed by atoms with Gasteiger partial charge in [0.1, 0.15) is 11.5 Å². The van der Waals surface area contributed by atoms with Gasteiger partial charge in [0.05, 0.1) is 12.9 Å². The van der Waals surface area contributed by atoms with E-state index in [2.05, 4.69) is 0 Å². The number of hydrogen-bond acceptors (Lipinski definition) is 4. The van der Waals surface area contributed by atoms with Crippen molar-refractivity contribution in [3.8, 4) is 17.1 Å². The third kappa shape index (κ3) is 3.13. The number of furan rings is 1. The van der Waals surface area contributed by atoms with E-state index in [0.717, 1.165) is 11.3 Å². The first-order valence-electron chi connectivity index (χ1n) is 5.72. The van der Waals surface area contributed by atoms with Crippen LogP contribution in [0, 0.1) is 0 Å². The molecule has 94 valence electrons. The predicted octanol–water partition coefficient (Wildman–Crippen LogP) is 2.89. The number of esters is 1. The smallest absolute Gasteiger partial charge is 0.344 e. The zero-order valence-corrected chi connectivity index (χ0v) is 10.1. The van der Waals surface area contributed by atoms with Crippen molar-refractivity contribution in [2.75, 3.05) is 13.2 Å². The van der Waals surface area contributed by atoms with Gasteiger partial charge in [0.2, 0.25) is 0 Å². The Morgan fingerprint density at radius 2 is 2.00 bits per heavy atom. The van der Waals surface area contributed by atoms with Crippen LogP contribution < -0.4 is 4.74 Å². The first kappa shape index (κ1) is 12.2. The number of rotatable bonds is 5. The van der Waals surface area contributed by atoms with E-state index >= 15 is 0 Å². The highest BCUT2D eigenvalue weighted by atomic mass is 16.6. The maximum atomic E-state index is 11.1. The summed E-state index contributed by atoms with van der Waals surface area (Å²) in [5, 5.41) is 0. The molecule has 0 amide bonds. The summed E-state index contributed by atoms with van der Waals surface area (Å²) in [6.07, 6.45) is 1.63. The lowest BCUT2D eigenvalue weighted by molar-refractivity contribution is -0.145. The highest BCUT2D eigenvalue weighted by molar-refractivity contribution is 5.71. The van der Waals surface area contributed by atoms with Crippen molar-refractivity contribution < 1.29 is 18.7 Å². The van der Waals surface area contributed by atoms with E-state index in [1.165, 1.54) is 0 Å². The number of carbonyl (C=O) groups is 1. The molecule has 2 aromatic rings. The predicted molar refractivity (Wildman–Crippen MR) is 66.3 cm³/mol. The summed E-state index contributed by atoms with van der Waals surface area (Å²) in [7, 11) is 0. The van der Waals surface area contributed by atoms with Crippen LogP contribution >= 0.6 is 0 Å². The molecule has 0 saturated carbocycles. The molecule has 0 bridgehead atoms. The van der Waals surface area contributed by atoms with Gasteiger partial charge in [-0.05, 0) is 43.3 Å². The largest absolute Gasteiger partial charge is 0.482 e. The van der Waals surface area contributed by atoms with Crippen molar-refractivity contribution in [1.82, 2.24) is 0 Å². The Balaban J connectivity index is 1.94. The monoisotopic (exact) mass is 246 g/mol. The highest BCUT2D eigenvalue weighted by Gasteiger charge is 2.04. The van der Waals surface area contributed by atoms with E-state index in [1.807, 2.05) is 24.3 Å². The molecule has 0 aliphatic heterocycles. The Morgan fingerprint density at radius 3 is 2.61 bits per heavy atom. The van der Waals surface area contributed by atoms with Gasteiger partial charge in [-0.3, -0.25) is 0 Å². The Kier molecular flexibility index (Phi) is 4.02. The van der Waals surface area contributed by atoms with Crippen LogP contribution in [0.1, 0.15) is 6.92 Å². The minimum absolute atomic E-state index is 0.0755. The second-order valence-electron chi connectivity index (χ2n) is 3.60. The SMILES string of the molecule is CCOC(=O)COc1ccc(-c2ccco2)cc1. The van der Waals surface area contributed by atoms with Gasteiger partial charge in [-0.2, -0.15) is 0 Å². The summed E-state index contributed by atoms with van der Waals surface area (Å²) in [4.78, 5) is 11.1. The fourth-order valence-corrected chi connectivity index (χ4v) is 1.50. The molecule has 0 radical (unpaired) electrons. The van der Waals surface area contributed by atoms with Gasteiger partial charge in [0.25, 0.3) is 0 Å². The maximum Gasteiger partial charge on any atom is 0.344 e. The normalized spacial score (nSPS) is 10.1. The van der Waals surface area contributed by atoms with Crippen LogP contribution in [0.4, 0.5) is 0 Å². The molecule has 4 nitrogen and oxygen atoms in total. The fraction of sp³-hybridized carbons (Fsp3) is 0.214. The summed E-state index contributed by atoms with van der Waals surface area (Å²) in [5.41, 5.74) is 0.962. The summed E-state index contributed by atoms with van der Waals surface area (Å²) in [5.74, 6) is 1.05. The lowest BCUT2D eigenvalue weighted by atomic mass is 10.2. The number of benzene rings is 1. The van der Waals surface area contributed by atoms with Gasteiger partial charge in [-0.15, -0.1) is 0 Å². The van der Waals surface area contributed by atoms with E-state index in [9.17, 15) is 4.79 Å². The summed E-state index contributed by atoms with van der Waals surface area (Å²) < 4.78 is 15.3. The lowest BCUT2D eigenvalue weighted by Crippen LogP contribution is -2.14. The molecule has 1 aromatic carbocycles. The molecule has 0 aliphatic rings. The molecule has 4 heteroatoms. The average Bonchev–Trinajstić information content (AvgIpc) is 2.91.